The van der Waals surface area contributed by atoms with Crippen LogP contribution in [-0.2, 0) is 13.0 Å². The molecule has 0 aliphatic heterocycles. The maximum Gasteiger partial charge on any atom is 0.119 e. The van der Waals surface area contributed by atoms with Crippen molar-refractivity contribution in [3.8, 4) is 16.9 Å². The summed E-state index contributed by atoms with van der Waals surface area (Å²) in [5.74, 6) is 1.95. The van der Waals surface area contributed by atoms with Gasteiger partial charge in [-0.15, -0.1) is 0 Å². The molecule has 0 fully saturated rings. The highest BCUT2D eigenvalue weighted by molar-refractivity contribution is 6.32. The Bertz CT molecular complexity index is 1420. The van der Waals surface area contributed by atoms with Crippen LogP contribution in [0.5, 0.6) is 5.75 Å². The van der Waals surface area contributed by atoms with Crippen LogP contribution >= 0.6 is 11.6 Å². The number of rotatable bonds is 8. The average Bonchev–Trinajstić information content (AvgIpc) is 3.23. The van der Waals surface area contributed by atoms with Crippen LogP contribution in [0.3, 0.4) is 0 Å². The Labute approximate surface area is 212 Å². The molecule has 4 aromatic carbocycles. The van der Waals surface area contributed by atoms with E-state index in [-0.39, 0.29) is 0 Å². The van der Waals surface area contributed by atoms with Crippen LogP contribution in [-0.4, -0.2) is 16.2 Å². The molecule has 1 aromatic heterocycles. The van der Waals surface area contributed by atoms with E-state index in [1.165, 1.54) is 22.2 Å². The Morgan fingerprint density at radius 1 is 0.800 bits per heavy atom. The van der Waals surface area contributed by atoms with E-state index in [0.717, 1.165) is 52.6 Å². The predicted octanol–water partition coefficient (Wildman–Crippen LogP) is 8.03. The molecule has 5 rings (SSSR count). The number of aryl methyl sites for hydroxylation is 3. The summed E-state index contributed by atoms with van der Waals surface area (Å²) in [4.78, 5) is 4.97. The summed E-state index contributed by atoms with van der Waals surface area (Å²) < 4.78 is 8.39. The highest BCUT2D eigenvalue weighted by Crippen LogP contribution is 2.26. The molecule has 0 saturated heterocycles. The zero-order valence-corrected chi connectivity index (χ0v) is 20.9. The van der Waals surface area contributed by atoms with Crippen LogP contribution in [0.4, 0.5) is 0 Å². The molecule has 3 nitrogen and oxygen atoms in total. The van der Waals surface area contributed by atoms with Crippen molar-refractivity contribution in [2.24, 2.45) is 0 Å². The molecule has 0 aliphatic rings. The van der Waals surface area contributed by atoms with E-state index in [1.807, 2.05) is 38.1 Å². The molecule has 176 valence electrons. The van der Waals surface area contributed by atoms with Crippen molar-refractivity contribution in [2.75, 3.05) is 6.61 Å². The number of aromatic nitrogens is 2. The average molecular weight is 481 g/mol. The van der Waals surface area contributed by atoms with Crippen LogP contribution < -0.4 is 4.74 Å². The lowest BCUT2D eigenvalue weighted by molar-refractivity contribution is 0.301. The van der Waals surface area contributed by atoms with Gasteiger partial charge >= 0.3 is 0 Å². The van der Waals surface area contributed by atoms with E-state index in [0.29, 0.717) is 6.61 Å². The van der Waals surface area contributed by atoms with E-state index >= 15 is 0 Å². The molecule has 1 heterocycles. The number of ether oxygens (including phenoxy) is 1. The molecule has 0 amide bonds. The summed E-state index contributed by atoms with van der Waals surface area (Å²) in [7, 11) is 0. The quantitative estimate of drug-likeness (QED) is 0.210. The van der Waals surface area contributed by atoms with Crippen LogP contribution in [0.15, 0.2) is 91.0 Å². The lowest BCUT2D eigenvalue weighted by Crippen LogP contribution is -2.08. The summed E-state index contributed by atoms with van der Waals surface area (Å²) in [6, 6.07) is 31.7. The van der Waals surface area contributed by atoms with E-state index in [9.17, 15) is 0 Å². The van der Waals surface area contributed by atoms with Crippen molar-refractivity contribution in [3.63, 3.8) is 0 Å². The number of fused-ring (bicyclic) bond motifs is 1. The van der Waals surface area contributed by atoms with Crippen LogP contribution in [0.2, 0.25) is 5.02 Å². The summed E-state index contributed by atoms with van der Waals surface area (Å²) in [6.07, 6.45) is 1.68. The number of benzene rings is 4. The second-order valence-electron chi connectivity index (χ2n) is 8.98. The van der Waals surface area contributed by atoms with Gasteiger partial charge < -0.3 is 9.30 Å². The van der Waals surface area contributed by atoms with Gasteiger partial charge in [-0.25, -0.2) is 4.98 Å². The molecule has 0 spiro atoms. The summed E-state index contributed by atoms with van der Waals surface area (Å²) in [5.41, 5.74) is 8.01. The van der Waals surface area contributed by atoms with E-state index < -0.39 is 0 Å². The summed E-state index contributed by atoms with van der Waals surface area (Å²) in [5, 5.41) is 0.809. The maximum atomic E-state index is 6.29. The fourth-order valence-corrected chi connectivity index (χ4v) is 4.65. The Balaban J connectivity index is 1.30. The molecule has 0 saturated carbocycles. The second kappa shape index (κ2) is 10.4. The van der Waals surface area contributed by atoms with Crippen molar-refractivity contribution in [1.29, 1.82) is 0 Å². The zero-order valence-electron chi connectivity index (χ0n) is 20.2. The fraction of sp³-hybridized carbons (Fsp3) is 0.194. The van der Waals surface area contributed by atoms with Crippen LogP contribution in [0.1, 0.15) is 28.9 Å². The molecule has 0 unspecified atom stereocenters. The number of halogens is 1. The molecule has 0 N–H and O–H groups in total. The third-order valence-corrected chi connectivity index (χ3v) is 6.96. The van der Waals surface area contributed by atoms with Gasteiger partial charge in [-0.05, 0) is 72.4 Å². The Morgan fingerprint density at radius 2 is 1.46 bits per heavy atom. The molecule has 0 atom stereocenters. The van der Waals surface area contributed by atoms with Crippen molar-refractivity contribution >= 4 is 22.6 Å². The largest absolute Gasteiger partial charge is 0.494 e. The van der Waals surface area contributed by atoms with E-state index in [4.69, 9.17) is 21.3 Å². The molecule has 5 aromatic rings. The van der Waals surface area contributed by atoms with Crippen molar-refractivity contribution in [1.82, 2.24) is 9.55 Å². The number of hydrogen-bond donors (Lipinski definition) is 0. The first kappa shape index (κ1) is 23.2. The molecule has 4 heteroatoms. The fourth-order valence-electron chi connectivity index (χ4n) is 4.54. The third-order valence-electron chi connectivity index (χ3n) is 6.36. The normalized spacial score (nSPS) is 11.2. The van der Waals surface area contributed by atoms with Gasteiger partial charge in [0.15, 0.2) is 0 Å². The van der Waals surface area contributed by atoms with Gasteiger partial charge in [-0.1, -0.05) is 78.3 Å². The summed E-state index contributed by atoms with van der Waals surface area (Å²) in [6.45, 7) is 5.51. The smallest absolute Gasteiger partial charge is 0.119 e. The second-order valence-corrected chi connectivity index (χ2v) is 9.36. The highest BCUT2D eigenvalue weighted by atomic mass is 35.5. The van der Waals surface area contributed by atoms with E-state index in [2.05, 4.69) is 71.3 Å². The van der Waals surface area contributed by atoms with Gasteiger partial charge in [-0.3, -0.25) is 0 Å². The lowest BCUT2D eigenvalue weighted by Gasteiger charge is -2.12. The minimum atomic E-state index is 0.637. The van der Waals surface area contributed by atoms with E-state index in [1.54, 1.807) is 0 Å². The highest BCUT2D eigenvalue weighted by Gasteiger charge is 2.12. The zero-order chi connectivity index (χ0) is 24.2. The Kier molecular flexibility index (Phi) is 6.87. The molecule has 35 heavy (non-hydrogen) atoms. The number of nitrogens with zero attached hydrogens (tertiary/aromatic N) is 2. The van der Waals surface area contributed by atoms with Crippen molar-refractivity contribution in [2.45, 2.75) is 33.2 Å². The van der Waals surface area contributed by atoms with Gasteiger partial charge in [0.1, 0.15) is 11.6 Å². The van der Waals surface area contributed by atoms with Gasteiger partial charge in [0.05, 0.1) is 17.6 Å². The number of imidazole rings is 1. The summed E-state index contributed by atoms with van der Waals surface area (Å²) >= 11 is 6.29. The standard InChI is InChI=1S/C31H29ClN2O/c1-22-19-27(20-23(2)31(22)32)35-18-8-17-34-29-12-7-6-11-28(29)33-30(34)21-24-13-15-26(16-14-24)25-9-4-3-5-10-25/h3-7,9-16,19-20H,8,17-18,21H2,1-2H3. The molecule has 0 aliphatic carbocycles. The van der Waals surface area contributed by atoms with Gasteiger partial charge in [0.25, 0.3) is 0 Å². The first-order chi connectivity index (χ1) is 17.1. The van der Waals surface area contributed by atoms with Crippen LogP contribution in [0.25, 0.3) is 22.2 Å². The number of para-hydroxylation sites is 2. The third kappa shape index (κ3) is 5.26. The monoisotopic (exact) mass is 480 g/mol. The first-order valence-corrected chi connectivity index (χ1v) is 12.4. The molecular formula is C31H29ClN2O. The Morgan fingerprint density at radius 3 is 2.20 bits per heavy atom. The van der Waals surface area contributed by atoms with Gasteiger partial charge in [-0.2, -0.15) is 0 Å². The predicted molar refractivity (Wildman–Crippen MR) is 145 cm³/mol. The van der Waals surface area contributed by atoms with Crippen molar-refractivity contribution < 1.29 is 4.74 Å². The van der Waals surface area contributed by atoms with Gasteiger partial charge in [0.2, 0.25) is 0 Å². The number of hydrogen-bond acceptors (Lipinski definition) is 2. The van der Waals surface area contributed by atoms with Crippen LogP contribution in [0, 0.1) is 13.8 Å². The van der Waals surface area contributed by atoms with Gasteiger partial charge in [0, 0.05) is 18.0 Å². The SMILES string of the molecule is Cc1cc(OCCCn2c(Cc3ccc(-c4ccccc4)cc3)nc3ccccc32)cc(C)c1Cl. The lowest BCUT2D eigenvalue weighted by atomic mass is 10.0. The molecule has 0 bridgehead atoms. The Hall–Kier alpha value is -3.56. The topological polar surface area (TPSA) is 27.1 Å². The maximum absolute atomic E-state index is 6.29. The van der Waals surface area contributed by atoms with Crippen molar-refractivity contribution in [3.05, 3.63) is 119 Å². The molecular weight excluding hydrogens is 452 g/mol. The molecule has 0 radical (unpaired) electrons. The minimum absolute atomic E-state index is 0.637. The minimum Gasteiger partial charge on any atom is -0.494 e. The first-order valence-electron chi connectivity index (χ1n) is 12.1.